The van der Waals surface area contributed by atoms with E-state index in [1.54, 1.807) is 12.1 Å². The number of carbonyl (C=O) groups is 1. The van der Waals surface area contributed by atoms with Crippen LogP contribution in [0.3, 0.4) is 0 Å². The average molecular weight is 239 g/mol. The van der Waals surface area contributed by atoms with Gasteiger partial charge in [-0.25, -0.2) is 4.79 Å². The van der Waals surface area contributed by atoms with Gasteiger partial charge in [0.2, 0.25) is 0 Å². The third kappa shape index (κ3) is 1.55. The Bertz CT molecular complexity index is 840. The molecule has 4 nitrogen and oxygen atoms in total. The maximum Gasteiger partial charge on any atom is 0.336 e. The van der Waals surface area contributed by atoms with Crippen molar-refractivity contribution in [1.82, 2.24) is 0 Å². The average Bonchev–Trinajstić information content (AvgIpc) is 2.57. The highest BCUT2D eigenvalue weighted by Gasteiger charge is 2.07. The molecule has 0 unspecified atom stereocenters. The van der Waals surface area contributed by atoms with E-state index in [0.717, 1.165) is 10.4 Å². The van der Waals surface area contributed by atoms with Crippen LogP contribution >= 0.6 is 0 Å². The van der Waals surface area contributed by atoms with Crippen molar-refractivity contribution in [3.63, 3.8) is 0 Å². The van der Waals surface area contributed by atoms with Gasteiger partial charge in [-0.1, -0.05) is 35.5 Å². The van der Waals surface area contributed by atoms with Crippen molar-refractivity contribution in [2.45, 2.75) is 0 Å². The summed E-state index contributed by atoms with van der Waals surface area (Å²) in [6.45, 7) is 0. The molecule has 1 aliphatic rings. The number of rotatable bonds is 1. The summed E-state index contributed by atoms with van der Waals surface area (Å²) in [5.74, 6) is -0.980. The largest absolute Gasteiger partial charge is 0.478 e. The van der Waals surface area contributed by atoms with E-state index in [9.17, 15) is 9.90 Å². The van der Waals surface area contributed by atoms with Gasteiger partial charge in [0.1, 0.15) is 11.6 Å². The summed E-state index contributed by atoms with van der Waals surface area (Å²) in [7, 11) is 0. The molecule has 2 aromatic carbocycles. The van der Waals surface area contributed by atoms with E-state index in [4.69, 9.17) is 4.84 Å². The summed E-state index contributed by atoms with van der Waals surface area (Å²) in [5.41, 5.74) is 0.208. The molecule has 1 heterocycles. The molecule has 2 aromatic rings. The van der Waals surface area contributed by atoms with Gasteiger partial charge < -0.3 is 9.94 Å². The molecule has 1 N–H and O–H groups in total. The molecule has 0 fully saturated rings. The number of fused-ring (bicyclic) bond motifs is 2. The smallest absolute Gasteiger partial charge is 0.336 e. The minimum absolute atomic E-state index is 0.208. The van der Waals surface area contributed by atoms with E-state index in [0.29, 0.717) is 10.6 Å². The summed E-state index contributed by atoms with van der Waals surface area (Å²) in [4.78, 5) is 16.3. The lowest BCUT2D eigenvalue weighted by Crippen LogP contribution is -2.17. The van der Waals surface area contributed by atoms with E-state index < -0.39 is 5.97 Å². The molecule has 3 rings (SSSR count). The fourth-order valence-corrected chi connectivity index (χ4v) is 2.03. The molecule has 0 spiro atoms. The van der Waals surface area contributed by atoms with Gasteiger partial charge in [0.15, 0.2) is 0 Å². The van der Waals surface area contributed by atoms with E-state index in [1.165, 1.54) is 6.26 Å². The van der Waals surface area contributed by atoms with Gasteiger partial charge in [0, 0.05) is 10.4 Å². The lowest BCUT2D eigenvalue weighted by Gasteiger charge is -1.96. The van der Waals surface area contributed by atoms with Crippen LogP contribution in [0.15, 0.2) is 47.6 Å². The topological polar surface area (TPSA) is 58.9 Å². The Kier molecular flexibility index (Phi) is 2.34. The Balaban J connectivity index is 2.65. The Hall–Kier alpha value is -2.62. The first kappa shape index (κ1) is 10.5. The van der Waals surface area contributed by atoms with E-state index in [2.05, 4.69) is 5.16 Å². The molecule has 0 saturated carbocycles. The summed E-state index contributed by atoms with van der Waals surface area (Å²) < 4.78 is 0. The molecule has 0 aromatic heterocycles. The van der Waals surface area contributed by atoms with Gasteiger partial charge in [0.25, 0.3) is 0 Å². The highest BCUT2D eigenvalue weighted by atomic mass is 16.6. The Labute approximate surface area is 102 Å². The Morgan fingerprint density at radius 2 is 1.83 bits per heavy atom. The van der Waals surface area contributed by atoms with Crippen molar-refractivity contribution in [1.29, 1.82) is 0 Å². The van der Waals surface area contributed by atoms with E-state index in [-0.39, 0.29) is 5.56 Å². The first-order chi connectivity index (χ1) is 8.77. The monoisotopic (exact) mass is 239 g/mol. The van der Waals surface area contributed by atoms with Crippen LogP contribution in [0.25, 0.3) is 6.26 Å². The molecule has 88 valence electrons. The third-order valence-electron chi connectivity index (χ3n) is 2.85. The van der Waals surface area contributed by atoms with Gasteiger partial charge in [-0.3, -0.25) is 0 Å². The van der Waals surface area contributed by atoms with Crippen molar-refractivity contribution in [3.05, 3.63) is 69.0 Å². The van der Waals surface area contributed by atoms with Crippen LogP contribution in [-0.4, -0.2) is 11.1 Å². The molecule has 0 atom stereocenters. The molecule has 0 aliphatic carbocycles. The summed E-state index contributed by atoms with van der Waals surface area (Å²) >= 11 is 0. The fraction of sp³-hybridized carbons (Fsp3) is 0. The highest BCUT2D eigenvalue weighted by molar-refractivity contribution is 5.88. The van der Waals surface area contributed by atoms with Crippen molar-refractivity contribution >= 4 is 12.2 Å². The van der Waals surface area contributed by atoms with Gasteiger partial charge in [-0.05, 0) is 17.4 Å². The molecule has 0 bridgehead atoms. The second-order valence-electron chi connectivity index (χ2n) is 3.90. The van der Waals surface area contributed by atoms with Gasteiger partial charge in [-0.2, -0.15) is 0 Å². The molecule has 1 aliphatic heterocycles. The van der Waals surface area contributed by atoms with E-state index >= 15 is 0 Å². The molecule has 0 amide bonds. The second-order valence-corrected chi connectivity index (χ2v) is 3.90. The summed E-state index contributed by atoms with van der Waals surface area (Å²) in [6.07, 6.45) is 1.37. The second kappa shape index (κ2) is 4.00. The highest BCUT2D eigenvalue weighted by Crippen LogP contribution is 1.98. The molecule has 18 heavy (non-hydrogen) atoms. The summed E-state index contributed by atoms with van der Waals surface area (Å²) in [5, 5.41) is 16.0. The lowest BCUT2D eigenvalue weighted by molar-refractivity contribution is 0.0695. The van der Waals surface area contributed by atoms with Crippen LogP contribution in [-0.2, 0) is 4.84 Å². The third-order valence-corrected chi connectivity index (χ3v) is 2.85. The standard InChI is InChI=1S/C14H9NO3/c16-14(17)11-6-3-5-9-10-4-1-2-7-13(10)15-18-8-12(9)11/h1-8H,(H,16,17). The fourth-order valence-electron chi connectivity index (χ4n) is 2.03. The number of aromatic carboxylic acids is 1. The van der Waals surface area contributed by atoms with Crippen molar-refractivity contribution in [2.24, 2.45) is 5.16 Å². The van der Waals surface area contributed by atoms with Gasteiger partial charge in [0.05, 0.1) is 5.56 Å². The first-order valence-corrected chi connectivity index (χ1v) is 5.43. The number of hydrogen-bond acceptors (Lipinski definition) is 3. The van der Waals surface area contributed by atoms with Crippen molar-refractivity contribution < 1.29 is 14.7 Å². The normalized spacial score (nSPS) is 12.0. The maximum atomic E-state index is 11.2. The van der Waals surface area contributed by atoms with E-state index in [1.807, 2.05) is 30.3 Å². The van der Waals surface area contributed by atoms with Gasteiger partial charge in [-0.15, -0.1) is 0 Å². The number of nitrogens with zero attached hydrogens (tertiary/aromatic N) is 1. The number of benzene rings is 2. The van der Waals surface area contributed by atoms with Gasteiger partial charge >= 0.3 is 5.97 Å². The Morgan fingerprint density at radius 3 is 2.67 bits per heavy atom. The van der Waals surface area contributed by atoms with Crippen molar-refractivity contribution in [2.75, 3.05) is 0 Å². The van der Waals surface area contributed by atoms with Crippen molar-refractivity contribution in [3.8, 4) is 0 Å². The predicted octanol–water partition coefficient (Wildman–Crippen LogP) is 0.975. The minimum atomic E-state index is -0.980. The molecule has 0 saturated heterocycles. The zero-order chi connectivity index (χ0) is 12.5. The van der Waals surface area contributed by atoms with Crippen LogP contribution < -0.4 is 10.6 Å². The zero-order valence-corrected chi connectivity index (χ0v) is 9.33. The van der Waals surface area contributed by atoms with Crippen LogP contribution in [0.2, 0.25) is 0 Å². The quantitative estimate of drug-likeness (QED) is 0.806. The number of carboxylic acids is 1. The molecular weight excluding hydrogens is 230 g/mol. The first-order valence-electron chi connectivity index (χ1n) is 5.43. The molecule has 0 radical (unpaired) electrons. The van der Waals surface area contributed by atoms with Crippen LogP contribution in [0.4, 0.5) is 0 Å². The summed E-state index contributed by atoms with van der Waals surface area (Å²) in [6, 6.07) is 12.6. The number of hydrogen-bond donors (Lipinski definition) is 1. The van der Waals surface area contributed by atoms with Crippen LogP contribution in [0.1, 0.15) is 10.4 Å². The Morgan fingerprint density at radius 1 is 1.06 bits per heavy atom. The van der Waals surface area contributed by atoms with Crippen LogP contribution in [0, 0.1) is 10.4 Å². The van der Waals surface area contributed by atoms with Crippen LogP contribution in [0.5, 0.6) is 0 Å². The predicted molar refractivity (Wildman–Crippen MR) is 63.8 cm³/mol. The SMILES string of the molecule is O=C(O)c1cccc2c1=CON=c1ccccc1=2. The lowest BCUT2D eigenvalue weighted by atomic mass is 10.1. The maximum absolute atomic E-state index is 11.2. The molecule has 4 heteroatoms. The molecular formula is C14H9NO3. The zero-order valence-electron chi connectivity index (χ0n) is 9.33. The number of carboxylic acid groups (broad SMARTS) is 1. The minimum Gasteiger partial charge on any atom is -0.478 e.